The first-order valence-electron chi connectivity index (χ1n) is 8.64. The van der Waals surface area contributed by atoms with E-state index in [1.165, 1.54) is 18.2 Å². The molecule has 0 aromatic heterocycles. The lowest BCUT2D eigenvalue weighted by atomic mass is 9.87. The van der Waals surface area contributed by atoms with Gasteiger partial charge in [0.1, 0.15) is 5.75 Å². The summed E-state index contributed by atoms with van der Waals surface area (Å²) in [5.74, 6) is 0.162. The highest BCUT2D eigenvalue weighted by atomic mass is 35.5. The van der Waals surface area contributed by atoms with Crippen LogP contribution >= 0.6 is 11.6 Å². The van der Waals surface area contributed by atoms with Gasteiger partial charge in [0, 0.05) is 12.1 Å². The number of ether oxygens (including phenoxy) is 1. The van der Waals surface area contributed by atoms with E-state index in [9.17, 15) is 14.9 Å². The van der Waals surface area contributed by atoms with Crippen LogP contribution in [0.2, 0.25) is 5.02 Å². The molecule has 27 heavy (non-hydrogen) atoms. The standard InChI is InChI=1S/C20H23ClN2O4/c1-5-18(27-15-9-6-13(7-10-15)20(2,3)4)19(24)22-17-12-14(23(25)26)8-11-16(17)21/h6-12,18H,5H2,1-4H3,(H,22,24). The second-order valence-electron chi connectivity index (χ2n) is 7.20. The molecule has 2 aromatic rings. The number of benzene rings is 2. The van der Waals surface area contributed by atoms with Gasteiger partial charge in [0.05, 0.1) is 15.6 Å². The van der Waals surface area contributed by atoms with Crippen molar-refractivity contribution in [3.8, 4) is 5.75 Å². The summed E-state index contributed by atoms with van der Waals surface area (Å²) in [6.07, 6.45) is -0.319. The molecule has 1 amide bonds. The quantitative estimate of drug-likeness (QED) is 0.533. The van der Waals surface area contributed by atoms with Gasteiger partial charge in [-0.2, -0.15) is 0 Å². The summed E-state index contributed by atoms with van der Waals surface area (Å²) in [5, 5.41) is 13.7. The molecule has 6 nitrogen and oxygen atoms in total. The third-order valence-electron chi connectivity index (χ3n) is 4.08. The number of anilines is 1. The number of hydrogen-bond donors (Lipinski definition) is 1. The predicted molar refractivity (Wildman–Crippen MR) is 107 cm³/mol. The molecule has 0 saturated heterocycles. The average molecular weight is 391 g/mol. The largest absolute Gasteiger partial charge is 0.481 e. The van der Waals surface area contributed by atoms with Crippen LogP contribution in [-0.2, 0) is 10.2 Å². The molecule has 0 aliphatic carbocycles. The van der Waals surface area contributed by atoms with Crippen LogP contribution in [0, 0.1) is 10.1 Å². The molecule has 0 aliphatic rings. The summed E-state index contributed by atoms with van der Waals surface area (Å²) in [7, 11) is 0. The number of amides is 1. The zero-order valence-electron chi connectivity index (χ0n) is 15.8. The number of non-ortho nitro benzene ring substituents is 1. The predicted octanol–water partition coefficient (Wildman–Crippen LogP) is 5.34. The zero-order chi connectivity index (χ0) is 20.2. The van der Waals surface area contributed by atoms with Crippen LogP contribution in [0.15, 0.2) is 42.5 Å². The van der Waals surface area contributed by atoms with Crippen LogP contribution in [0.3, 0.4) is 0 Å². The zero-order valence-corrected chi connectivity index (χ0v) is 16.5. The Bertz CT molecular complexity index is 829. The highest BCUT2D eigenvalue weighted by Gasteiger charge is 2.21. The molecule has 1 unspecified atom stereocenters. The van der Waals surface area contributed by atoms with Gasteiger partial charge in [0.15, 0.2) is 6.10 Å². The fourth-order valence-corrected chi connectivity index (χ4v) is 2.62. The van der Waals surface area contributed by atoms with Crippen molar-refractivity contribution in [1.29, 1.82) is 0 Å². The lowest BCUT2D eigenvalue weighted by Gasteiger charge is -2.21. The first kappa shape index (κ1) is 20.7. The molecule has 0 bridgehead atoms. The highest BCUT2D eigenvalue weighted by Crippen LogP contribution is 2.28. The van der Waals surface area contributed by atoms with Crippen LogP contribution in [-0.4, -0.2) is 16.9 Å². The van der Waals surface area contributed by atoms with Gasteiger partial charge < -0.3 is 10.1 Å². The van der Waals surface area contributed by atoms with Crippen molar-refractivity contribution in [2.75, 3.05) is 5.32 Å². The van der Waals surface area contributed by atoms with Gasteiger partial charge >= 0.3 is 0 Å². The third kappa shape index (κ3) is 5.44. The number of carbonyl (C=O) groups excluding carboxylic acids is 1. The maximum absolute atomic E-state index is 12.5. The number of nitro benzene ring substituents is 1. The Morgan fingerprint density at radius 1 is 1.22 bits per heavy atom. The van der Waals surface area contributed by atoms with E-state index in [1.54, 1.807) is 0 Å². The lowest BCUT2D eigenvalue weighted by molar-refractivity contribution is -0.384. The molecule has 144 valence electrons. The molecule has 0 heterocycles. The Morgan fingerprint density at radius 2 is 1.85 bits per heavy atom. The molecule has 0 aliphatic heterocycles. The molecule has 0 saturated carbocycles. The minimum atomic E-state index is -0.749. The summed E-state index contributed by atoms with van der Waals surface area (Å²) < 4.78 is 5.79. The topological polar surface area (TPSA) is 81.5 Å². The van der Waals surface area contributed by atoms with E-state index in [-0.39, 0.29) is 21.8 Å². The molecule has 2 rings (SSSR count). The SMILES string of the molecule is CCC(Oc1ccc(C(C)(C)C)cc1)C(=O)Nc1cc([N+](=O)[O-])ccc1Cl. The van der Waals surface area contributed by atoms with Crippen molar-refractivity contribution in [2.24, 2.45) is 0 Å². The van der Waals surface area contributed by atoms with Gasteiger partial charge in [-0.25, -0.2) is 0 Å². The number of halogens is 1. The van der Waals surface area contributed by atoms with Gasteiger partial charge in [-0.15, -0.1) is 0 Å². The van der Waals surface area contributed by atoms with Crippen molar-refractivity contribution in [3.63, 3.8) is 0 Å². The summed E-state index contributed by atoms with van der Waals surface area (Å²) in [4.78, 5) is 22.9. The molecule has 2 aromatic carbocycles. The number of nitro groups is 1. The van der Waals surface area contributed by atoms with Gasteiger partial charge in [-0.05, 0) is 35.6 Å². The highest BCUT2D eigenvalue weighted by molar-refractivity contribution is 6.33. The molecule has 7 heteroatoms. The van der Waals surface area contributed by atoms with Gasteiger partial charge in [-0.3, -0.25) is 14.9 Å². The maximum Gasteiger partial charge on any atom is 0.271 e. The van der Waals surface area contributed by atoms with Crippen LogP contribution in [0.1, 0.15) is 39.7 Å². The van der Waals surface area contributed by atoms with E-state index in [0.29, 0.717) is 12.2 Å². The van der Waals surface area contributed by atoms with Crippen LogP contribution in [0.4, 0.5) is 11.4 Å². The van der Waals surface area contributed by atoms with Crippen LogP contribution in [0.25, 0.3) is 0 Å². The van der Waals surface area contributed by atoms with Gasteiger partial charge in [0.2, 0.25) is 0 Å². The molecule has 0 radical (unpaired) electrons. The van der Waals surface area contributed by atoms with Crippen molar-refractivity contribution in [1.82, 2.24) is 0 Å². The number of hydrogen-bond acceptors (Lipinski definition) is 4. The minimum absolute atomic E-state index is 0.0266. The first-order valence-corrected chi connectivity index (χ1v) is 9.01. The van der Waals surface area contributed by atoms with Crippen molar-refractivity contribution < 1.29 is 14.5 Å². The fraction of sp³-hybridized carbons (Fsp3) is 0.350. The fourth-order valence-electron chi connectivity index (χ4n) is 2.46. The van der Waals surface area contributed by atoms with Crippen molar-refractivity contribution >= 4 is 28.9 Å². The Kier molecular flexibility index (Phi) is 6.44. The number of nitrogens with zero attached hydrogens (tertiary/aromatic N) is 1. The molecule has 1 N–H and O–H groups in total. The van der Waals surface area contributed by atoms with Gasteiger partial charge in [0.25, 0.3) is 11.6 Å². The average Bonchev–Trinajstić information content (AvgIpc) is 2.60. The summed E-state index contributed by atoms with van der Waals surface area (Å²) in [6.45, 7) is 8.18. The van der Waals surface area contributed by atoms with Crippen molar-refractivity contribution in [2.45, 2.75) is 45.6 Å². The first-order chi connectivity index (χ1) is 12.6. The molecule has 1 atom stereocenters. The normalized spacial score (nSPS) is 12.3. The molecular formula is C20H23ClN2O4. The number of carbonyl (C=O) groups is 1. The molecule has 0 spiro atoms. The van der Waals surface area contributed by atoms with E-state index in [2.05, 4.69) is 26.1 Å². The summed E-state index contributed by atoms with van der Waals surface area (Å²) in [5.41, 5.74) is 1.22. The van der Waals surface area contributed by atoms with E-state index in [4.69, 9.17) is 16.3 Å². The summed E-state index contributed by atoms with van der Waals surface area (Å²) in [6, 6.07) is 11.5. The second kappa shape index (κ2) is 8.39. The Morgan fingerprint density at radius 3 is 2.37 bits per heavy atom. The minimum Gasteiger partial charge on any atom is -0.481 e. The van der Waals surface area contributed by atoms with Crippen LogP contribution < -0.4 is 10.1 Å². The number of nitrogens with one attached hydrogen (secondary N) is 1. The Hall–Kier alpha value is -2.60. The Labute approximate surface area is 163 Å². The van der Waals surface area contributed by atoms with E-state index >= 15 is 0 Å². The summed E-state index contributed by atoms with van der Waals surface area (Å²) >= 11 is 6.04. The van der Waals surface area contributed by atoms with Crippen molar-refractivity contribution in [3.05, 3.63) is 63.2 Å². The van der Waals surface area contributed by atoms with Crippen LogP contribution in [0.5, 0.6) is 5.75 Å². The van der Waals surface area contributed by atoms with E-state index in [1.807, 2.05) is 31.2 Å². The molecule has 0 fully saturated rings. The monoisotopic (exact) mass is 390 g/mol. The number of rotatable bonds is 6. The molecular weight excluding hydrogens is 368 g/mol. The maximum atomic E-state index is 12.5. The van der Waals surface area contributed by atoms with E-state index in [0.717, 1.165) is 5.56 Å². The smallest absolute Gasteiger partial charge is 0.271 e. The lowest BCUT2D eigenvalue weighted by Crippen LogP contribution is -2.32. The second-order valence-corrected chi connectivity index (χ2v) is 7.61. The third-order valence-corrected chi connectivity index (χ3v) is 4.41. The van der Waals surface area contributed by atoms with Gasteiger partial charge in [-0.1, -0.05) is 51.4 Å². The Balaban J connectivity index is 2.12. The van der Waals surface area contributed by atoms with E-state index < -0.39 is 16.9 Å².